The molecule has 0 amide bonds. The lowest BCUT2D eigenvalue weighted by Gasteiger charge is -2.39. The molecule has 0 N–H and O–H groups in total. The number of hydrogen-bond acceptors (Lipinski definition) is 0. The lowest BCUT2D eigenvalue weighted by molar-refractivity contribution is 0.101. The van der Waals surface area contributed by atoms with Crippen molar-refractivity contribution in [3.8, 4) is 0 Å². The third-order valence-electron chi connectivity index (χ3n) is 4.70. The maximum absolute atomic E-state index is 2.49. The minimum absolute atomic E-state index is 0.460. The average Bonchev–Trinajstić information content (AvgIpc) is 2.84. The first-order chi connectivity index (χ1) is 6.75. The normalized spacial score (nSPS) is 24.0. The molecule has 0 spiro atoms. The third-order valence-corrected chi connectivity index (χ3v) is 4.70. The molecule has 0 bridgehead atoms. The zero-order chi connectivity index (χ0) is 11.8. The summed E-state index contributed by atoms with van der Waals surface area (Å²) in [4.78, 5) is 0. The summed E-state index contributed by atoms with van der Waals surface area (Å²) in [6.07, 6.45) is 2.98. The van der Waals surface area contributed by atoms with Gasteiger partial charge in [0, 0.05) is 0 Å². The Kier molecular flexibility index (Phi) is 3.90. The van der Waals surface area contributed by atoms with Crippen LogP contribution >= 0.6 is 0 Å². The Labute approximate surface area is 96.8 Å². The minimum atomic E-state index is 0.460. The molecule has 0 aromatic rings. The van der Waals surface area contributed by atoms with Crippen LogP contribution in [-0.4, -0.2) is 0 Å². The Morgan fingerprint density at radius 1 is 0.933 bits per heavy atom. The summed E-state index contributed by atoms with van der Waals surface area (Å²) in [6, 6.07) is 0. The molecule has 0 aromatic carbocycles. The monoisotopic (exact) mass is 210 g/mol. The highest BCUT2D eigenvalue weighted by Gasteiger charge is 2.40. The van der Waals surface area contributed by atoms with E-state index in [0.29, 0.717) is 5.41 Å². The second-order valence-electron chi connectivity index (χ2n) is 7.17. The summed E-state index contributed by atoms with van der Waals surface area (Å²) in [7, 11) is 0. The van der Waals surface area contributed by atoms with Crippen LogP contribution in [-0.2, 0) is 0 Å². The largest absolute Gasteiger partial charge is 0.0625 e. The van der Waals surface area contributed by atoms with E-state index in [1.54, 1.807) is 0 Å². The molecule has 1 rings (SSSR count). The van der Waals surface area contributed by atoms with Gasteiger partial charge in [0.1, 0.15) is 0 Å². The van der Waals surface area contributed by atoms with Gasteiger partial charge in [0.25, 0.3) is 0 Å². The standard InChI is InChI=1S/C15H30/c1-10(2)14(13-8-9-13)11(3)12(4)15(5,6)7/h10-14H,8-9H2,1-7H3. The fourth-order valence-corrected chi connectivity index (χ4v) is 3.18. The third kappa shape index (κ3) is 3.23. The highest BCUT2D eigenvalue weighted by molar-refractivity contribution is 4.89. The van der Waals surface area contributed by atoms with E-state index in [9.17, 15) is 0 Å². The van der Waals surface area contributed by atoms with Crippen molar-refractivity contribution in [2.75, 3.05) is 0 Å². The Hall–Kier alpha value is 0. The Morgan fingerprint density at radius 2 is 1.40 bits per heavy atom. The molecule has 90 valence electrons. The molecule has 0 aromatic heterocycles. The highest BCUT2D eigenvalue weighted by atomic mass is 14.5. The van der Waals surface area contributed by atoms with Gasteiger partial charge in [-0.1, -0.05) is 48.5 Å². The van der Waals surface area contributed by atoms with E-state index in [1.165, 1.54) is 12.8 Å². The van der Waals surface area contributed by atoms with E-state index >= 15 is 0 Å². The van der Waals surface area contributed by atoms with Gasteiger partial charge < -0.3 is 0 Å². The van der Waals surface area contributed by atoms with Crippen LogP contribution in [0, 0.1) is 35.0 Å². The molecule has 0 radical (unpaired) electrons. The van der Waals surface area contributed by atoms with Gasteiger partial charge in [-0.15, -0.1) is 0 Å². The van der Waals surface area contributed by atoms with Crippen molar-refractivity contribution in [3.05, 3.63) is 0 Å². The molecule has 0 heteroatoms. The van der Waals surface area contributed by atoms with Crippen molar-refractivity contribution >= 4 is 0 Å². The predicted molar refractivity (Wildman–Crippen MR) is 68.8 cm³/mol. The van der Waals surface area contributed by atoms with Gasteiger partial charge in [0.05, 0.1) is 0 Å². The molecule has 0 saturated heterocycles. The fourth-order valence-electron chi connectivity index (χ4n) is 3.18. The van der Waals surface area contributed by atoms with Crippen molar-refractivity contribution in [1.82, 2.24) is 0 Å². The van der Waals surface area contributed by atoms with E-state index in [-0.39, 0.29) is 0 Å². The van der Waals surface area contributed by atoms with Crippen LogP contribution in [0.5, 0.6) is 0 Å². The zero-order valence-corrected chi connectivity index (χ0v) is 11.8. The van der Waals surface area contributed by atoms with E-state index in [1.807, 2.05) is 0 Å². The summed E-state index contributed by atoms with van der Waals surface area (Å²) in [5.74, 6) is 4.56. The molecule has 1 saturated carbocycles. The second-order valence-corrected chi connectivity index (χ2v) is 7.17. The summed E-state index contributed by atoms with van der Waals surface area (Å²) in [6.45, 7) is 16.9. The summed E-state index contributed by atoms with van der Waals surface area (Å²) in [5, 5.41) is 0. The summed E-state index contributed by atoms with van der Waals surface area (Å²) in [5.41, 5.74) is 0.460. The Balaban J connectivity index is 2.67. The Bertz CT molecular complexity index is 191. The van der Waals surface area contributed by atoms with E-state index < -0.39 is 0 Å². The fraction of sp³-hybridized carbons (Fsp3) is 1.00. The maximum Gasteiger partial charge on any atom is -0.0334 e. The molecule has 0 heterocycles. The topological polar surface area (TPSA) is 0 Å². The summed E-state index contributed by atoms with van der Waals surface area (Å²) < 4.78 is 0. The molecule has 3 atom stereocenters. The van der Waals surface area contributed by atoms with Gasteiger partial charge in [-0.05, 0) is 47.8 Å². The van der Waals surface area contributed by atoms with E-state index in [0.717, 1.165) is 29.6 Å². The van der Waals surface area contributed by atoms with Crippen molar-refractivity contribution in [3.63, 3.8) is 0 Å². The maximum atomic E-state index is 2.49. The van der Waals surface area contributed by atoms with Gasteiger partial charge in [-0.25, -0.2) is 0 Å². The molecule has 1 aliphatic rings. The molecule has 1 fully saturated rings. The van der Waals surface area contributed by atoms with Crippen LogP contribution < -0.4 is 0 Å². The molecule has 3 unspecified atom stereocenters. The second kappa shape index (κ2) is 4.47. The molecule has 0 nitrogen and oxygen atoms in total. The smallest absolute Gasteiger partial charge is 0.0334 e. The van der Waals surface area contributed by atoms with Crippen molar-refractivity contribution in [1.29, 1.82) is 0 Å². The number of hydrogen-bond donors (Lipinski definition) is 0. The van der Waals surface area contributed by atoms with Crippen LogP contribution in [0.3, 0.4) is 0 Å². The SMILES string of the molecule is CC(C)C(C1CC1)C(C)C(C)C(C)(C)C. The molecule has 15 heavy (non-hydrogen) atoms. The van der Waals surface area contributed by atoms with Crippen LogP contribution in [0.2, 0.25) is 0 Å². The van der Waals surface area contributed by atoms with Crippen LogP contribution in [0.4, 0.5) is 0 Å². The van der Waals surface area contributed by atoms with Gasteiger partial charge in [0.15, 0.2) is 0 Å². The molecule has 0 aliphatic heterocycles. The van der Waals surface area contributed by atoms with Crippen LogP contribution in [0.25, 0.3) is 0 Å². The van der Waals surface area contributed by atoms with Crippen molar-refractivity contribution in [2.45, 2.75) is 61.3 Å². The van der Waals surface area contributed by atoms with Gasteiger partial charge >= 0.3 is 0 Å². The highest BCUT2D eigenvalue weighted by Crippen LogP contribution is 2.48. The Morgan fingerprint density at radius 3 is 1.67 bits per heavy atom. The average molecular weight is 210 g/mol. The van der Waals surface area contributed by atoms with Crippen molar-refractivity contribution < 1.29 is 0 Å². The zero-order valence-electron chi connectivity index (χ0n) is 11.8. The van der Waals surface area contributed by atoms with E-state index in [2.05, 4.69) is 48.5 Å². The van der Waals surface area contributed by atoms with Crippen LogP contribution in [0.15, 0.2) is 0 Å². The van der Waals surface area contributed by atoms with Crippen molar-refractivity contribution in [2.24, 2.45) is 35.0 Å². The first kappa shape index (κ1) is 13.1. The first-order valence-corrected chi connectivity index (χ1v) is 6.75. The van der Waals surface area contributed by atoms with Crippen LogP contribution in [0.1, 0.15) is 61.3 Å². The van der Waals surface area contributed by atoms with Gasteiger partial charge in [-0.3, -0.25) is 0 Å². The molecular formula is C15H30. The van der Waals surface area contributed by atoms with E-state index in [4.69, 9.17) is 0 Å². The minimum Gasteiger partial charge on any atom is -0.0625 e. The predicted octanol–water partition coefficient (Wildman–Crippen LogP) is 4.99. The lowest BCUT2D eigenvalue weighted by Crippen LogP contribution is -2.32. The lowest BCUT2D eigenvalue weighted by atomic mass is 9.67. The van der Waals surface area contributed by atoms with Gasteiger partial charge in [0.2, 0.25) is 0 Å². The quantitative estimate of drug-likeness (QED) is 0.613. The molecule has 1 aliphatic carbocycles. The number of rotatable bonds is 4. The summed E-state index contributed by atoms with van der Waals surface area (Å²) >= 11 is 0. The first-order valence-electron chi connectivity index (χ1n) is 6.75. The van der Waals surface area contributed by atoms with Gasteiger partial charge in [-0.2, -0.15) is 0 Å². The molecular weight excluding hydrogens is 180 g/mol.